The number of carbonyl (C=O) groups excluding carboxylic acids is 2. The van der Waals surface area contributed by atoms with Crippen LogP contribution in [0.25, 0.3) is 0 Å². The minimum absolute atomic E-state index is 0.0719. The lowest BCUT2D eigenvalue weighted by Crippen LogP contribution is -2.47. The molecule has 1 aliphatic rings. The topological polar surface area (TPSA) is 67.9 Å². The lowest BCUT2D eigenvalue weighted by Gasteiger charge is -2.34. The van der Waals surface area contributed by atoms with Crippen molar-refractivity contribution in [2.24, 2.45) is 5.92 Å². The summed E-state index contributed by atoms with van der Waals surface area (Å²) in [5.74, 6) is 0.837. The number of hydrogen-bond acceptors (Lipinski definition) is 4. The molecule has 190 valence electrons. The average molecular weight is 481 g/mol. The predicted molar refractivity (Wildman–Crippen MR) is 138 cm³/mol. The molecule has 0 radical (unpaired) electrons. The molecule has 1 heterocycles. The van der Waals surface area contributed by atoms with E-state index in [0.717, 1.165) is 29.7 Å². The second kappa shape index (κ2) is 11.6. The second-order valence-electron chi connectivity index (χ2n) is 10.8. The van der Waals surface area contributed by atoms with Gasteiger partial charge >= 0.3 is 6.09 Å². The van der Waals surface area contributed by atoms with Crippen LogP contribution in [0.3, 0.4) is 0 Å². The van der Waals surface area contributed by atoms with Crippen LogP contribution >= 0.6 is 0 Å². The number of hydrogen-bond donors (Lipinski definition) is 1. The zero-order chi connectivity index (χ0) is 25.6. The Balaban J connectivity index is 1.86. The highest BCUT2D eigenvalue weighted by Crippen LogP contribution is 2.32. The Morgan fingerprint density at radius 1 is 1.00 bits per heavy atom. The van der Waals surface area contributed by atoms with Crippen LogP contribution in [0.4, 0.5) is 4.79 Å². The van der Waals surface area contributed by atoms with Crippen molar-refractivity contribution in [1.29, 1.82) is 0 Å². The van der Waals surface area contributed by atoms with Crippen molar-refractivity contribution >= 4 is 12.0 Å². The molecule has 0 aromatic heterocycles. The van der Waals surface area contributed by atoms with Gasteiger partial charge in [0.05, 0.1) is 24.6 Å². The monoisotopic (exact) mass is 480 g/mol. The third-order valence-electron chi connectivity index (χ3n) is 6.13. The molecule has 2 amide bonds. The highest BCUT2D eigenvalue weighted by atomic mass is 16.6. The van der Waals surface area contributed by atoms with E-state index in [9.17, 15) is 9.59 Å². The molecule has 1 N–H and O–H groups in total. The summed E-state index contributed by atoms with van der Waals surface area (Å²) in [4.78, 5) is 28.2. The zero-order valence-corrected chi connectivity index (χ0v) is 21.9. The van der Waals surface area contributed by atoms with Gasteiger partial charge in [0, 0.05) is 6.54 Å². The maximum Gasteiger partial charge on any atom is 0.410 e. The zero-order valence-electron chi connectivity index (χ0n) is 21.9. The van der Waals surface area contributed by atoms with E-state index in [1.165, 1.54) is 0 Å². The number of nitrogens with one attached hydrogen (secondary N) is 1. The van der Waals surface area contributed by atoms with Crippen LogP contribution in [0.5, 0.6) is 5.75 Å². The number of ether oxygens (including phenoxy) is 2. The molecule has 6 nitrogen and oxygen atoms in total. The van der Waals surface area contributed by atoms with Gasteiger partial charge in [-0.25, -0.2) is 4.79 Å². The van der Waals surface area contributed by atoms with Crippen LogP contribution in [0.1, 0.15) is 77.5 Å². The van der Waals surface area contributed by atoms with Gasteiger partial charge in [-0.2, -0.15) is 0 Å². The predicted octanol–water partition coefficient (Wildman–Crippen LogP) is 6.08. The van der Waals surface area contributed by atoms with Crippen LogP contribution in [0, 0.1) is 5.92 Å². The summed E-state index contributed by atoms with van der Waals surface area (Å²) in [5, 5.41) is 3.26. The third kappa shape index (κ3) is 7.48. The quantitative estimate of drug-likeness (QED) is 0.497. The van der Waals surface area contributed by atoms with E-state index in [0.29, 0.717) is 19.1 Å². The molecular formula is C29H40N2O4. The highest BCUT2D eigenvalue weighted by molar-refractivity contribution is 5.83. The number of likely N-dealkylation sites (tertiary alicyclic amines) is 1. The molecule has 1 fully saturated rings. The number of carbonyl (C=O) groups is 2. The van der Waals surface area contributed by atoms with E-state index in [4.69, 9.17) is 9.47 Å². The maximum absolute atomic E-state index is 13.4. The molecule has 0 spiro atoms. The fraction of sp³-hybridized carbons (Fsp3) is 0.517. The standard InChI is InChI=1S/C29H40N2O4/c1-20(2)19-34-24-16-14-23(15-17-24)26(30-27(32)21(3)22-11-8-7-9-12-22)25-13-10-18-31(25)28(33)35-29(4,5)6/h7-9,11-12,14-17,20-21,25-26H,10,13,18-19H2,1-6H3,(H,30,32)/t21-,25+,26+/m0/s1. The molecule has 2 aromatic rings. The molecule has 2 aromatic carbocycles. The van der Waals surface area contributed by atoms with Crippen LogP contribution < -0.4 is 10.1 Å². The van der Waals surface area contributed by atoms with Gasteiger partial charge in [-0.15, -0.1) is 0 Å². The Morgan fingerprint density at radius 3 is 2.26 bits per heavy atom. The van der Waals surface area contributed by atoms with Gasteiger partial charge in [0.1, 0.15) is 11.4 Å². The summed E-state index contributed by atoms with van der Waals surface area (Å²) in [7, 11) is 0. The molecule has 1 aliphatic heterocycles. The first-order valence-corrected chi connectivity index (χ1v) is 12.6. The normalized spacial score (nSPS) is 17.7. The Morgan fingerprint density at radius 2 is 1.66 bits per heavy atom. The fourth-order valence-corrected chi connectivity index (χ4v) is 4.29. The Bertz CT molecular complexity index is 966. The van der Waals surface area contributed by atoms with E-state index >= 15 is 0 Å². The Kier molecular flexibility index (Phi) is 8.82. The van der Waals surface area contributed by atoms with Crippen molar-refractivity contribution in [3.05, 3.63) is 65.7 Å². The van der Waals surface area contributed by atoms with Gasteiger partial charge in [-0.3, -0.25) is 4.79 Å². The SMILES string of the molecule is CC(C)COc1ccc([C@@H](NC(=O)[C@@H](C)c2ccccc2)[C@H]2CCCN2C(=O)OC(C)(C)C)cc1. The van der Waals surface area contributed by atoms with Gasteiger partial charge in [0.25, 0.3) is 0 Å². The lowest BCUT2D eigenvalue weighted by atomic mass is 9.94. The van der Waals surface area contributed by atoms with Crippen molar-refractivity contribution in [3.63, 3.8) is 0 Å². The first-order chi connectivity index (χ1) is 16.5. The van der Waals surface area contributed by atoms with Gasteiger partial charge in [-0.05, 0) is 69.7 Å². The molecule has 6 heteroatoms. The van der Waals surface area contributed by atoms with E-state index < -0.39 is 5.60 Å². The lowest BCUT2D eigenvalue weighted by molar-refractivity contribution is -0.123. The largest absolute Gasteiger partial charge is 0.493 e. The van der Waals surface area contributed by atoms with Crippen molar-refractivity contribution in [2.75, 3.05) is 13.2 Å². The number of rotatable bonds is 8. The van der Waals surface area contributed by atoms with Crippen LogP contribution in [0.15, 0.2) is 54.6 Å². The van der Waals surface area contributed by atoms with Crippen molar-refractivity contribution < 1.29 is 19.1 Å². The Labute approximate surface area is 210 Å². The average Bonchev–Trinajstić information content (AvgIpc) is 3.30. The first-order valence-electron chi connectivity index (χ1n) is 12.6. The molecule has 1 saturated heterocycles. The smallest absolute Gasteiger partial charge is 0.410 e. The van der Waals surface area contributed by atoms with Crippen molar-refractivity contribution in [3.8, 4) is 5.75 Å². The van der Waals surface area contributed by atoms with E-state index in [1.807, 2.05) is 82.3 Å². The Hall–Kier alpha value is -3.02. The summed E-state index contributed by atoms with van der Waals surface area (Å²) in [5.41, 5.74) is 1.31. The van der Waals surface area contributed by atoms with Gasteiger partial charge in [0.2, 0.25) is 5.91 Å². The van der Waals surface area contributed by atoms with Gasteiger partial charge in [0.15, 0.2) is 0 Å². The maximum atomic E-state index is 13.4. The van der Waals surface area contributed by atoms with Crippen molar-refractivity contribution in [1.82, 2.24) is 10.2 Å². The summed E-state index contributed by atoms with van der Waals surface area (Å²) in [6.45, 7) is 13.0. The summed E-state index contributed by atoms with van der Waals surface area (Å²) in [6.07, 6.45) is 1.31. The number of benzene rings is 2. The van der Waals surface area contributed by atoms with E-state index in [1.54, 1.807) is 4.90 Å². The van der Waals surface area contributed by atoms with Gasteiger partial charge < -0.3 is 19.7 Å². The molecule has 0 aliphatic carbocycles. The fourth-order valence-electron chi connectivity index (χ4n) is 4.29. The second-order valence-corrected chi connectivity index (χ2v) is 10.8. The minimum Gasteiger partial charge on any atom is -0.493 e. The van der Waals surface area contributed by atoms with Crippen LogP contribution in [0.2, 0.25) is 0 Å². The highest BCUT2D eigenvalue weighted by Gasteiger charge is 2.39. The van der Waals surface area contributed by atoms with Gasteiger partial charge in [-0.1, -0.05) is 56.3 Å². The first kappa shape index (κ1) is 26.6. The minimum atomic E-state index is -0.583. The molecule has 0 unspecified atom stereocenters. The van der Waals surface area contributed by atoms with Crippen LogP contribution in [-0.2, 0) is 9.53 Å². The molecule has 3 rings (SSSR count). The molecular weight excluding hydrogens is 440 g/mol. The third-order valence-corrected chi connectivity index (χ3v) is 6.13. The van der Waals surface area contributed by atoms with E-state index in [2.05, 4.69) is 19.2 Å². The van der Waals surface area contributed by atoms with Crippen LogP contribution in [-0.4, -0.2) is 41.7 Å². The summed E-state index contributed by atoms with van der Waals surface area (Å²) in [6, 6.07) is 17.0. The molecule has 35 heavy (non-hydrogen) atoms. The molecule has 0 saturated carbocycles. The molecule has 3 atom stereocenters. The number of amides is 2. The van der Waals surface area contributed by atoms with E-state index in [-0.39, 0.29) is 30.0 Å². The summed E-state index contributed by atoms with van der Waals surface area (Å²) >= 11 is 0. The number of nitrogens with zero attached hydrogens (tertiary/aromatic N) is 1. The molecule has 0 bridgehead atoms. The summed E-state index contributed by atoms with van der Waals surface area (Å²) < 4.78 is 11.5. The van der Waals surface area contributed by atoms with Crippen molar-refractivity contribution in [2.45, 2.75) is 78.0 Å².